The highest BCUT2D eigenvalue weighted by Crippen LogP contribution is 2.52. The predicted molar refractivity (Wildman–Crippen MR) is 145 cm³/mol. The summed E-state index contributed by atoms with van der Waals surface area (Å²) in [6.07, 6.45) is 17.8. The summed E-state index contributed by atoms with van der Waals surface area (Å²) < 4.78 is 0. The Balaban J connectivity index is 1.63. The Bertz CT molecular complexity index is 1560. The van der Waals surface area contributed by atoms with Crippen molar-refractivity contribution >= 4 is 39.1 Å². The Kier molecular flexibility index (Phi) is 4.90. The van der Waals surface area contributed by atoms with Crippen LogP contribution in [0.3, 0.4) is 0 Å². The lowest BCUT2D eigenvalue weighted by atomic mass is 9.86. The summed E-state index contributed by atoms with van der Waals surface area (Å²) in [5.74, 6) is 3.29. The Morgan fingerprint density at radius 2 is 1.50 bits per heavy atom. The van der Waals surface area contributed by atoms with Crippen molar-refractivity contribution in [2.75, 3.05) is 4.90 Å². The molecule has 2 atom stereocenters. The van der Waals surface area contributed by atoms with Crippen molar-refractivity contribution in [2.24, 2.45) is 4.99 Å². The fraction of sp³-hybridized carbons (Fsp3) is 0.0938. The molecule has 0 amide bonds. The highest BCUT2D eigenvalue weighted by molar-refractivity contribution is 6.06. The van der Waals surface area contributed by atoms with Crippen LogP contribution in [-0.2, 0) is 0 Å². The van der Waals surface area contributed by atoms with E-state index < -0.39 is 0 Å². The van der Waals surface area contributed by atoms with Crippen LogP contribution in [0.25, 0.3) is 21.5 Å². The average Bonchev–Trinajstić information content (AvgIpc) is 3.21. The van der Waals surface area contributed by atoms with Gasteiger partial charge in [-0.1, -0.05) is 90.9 Å². The fourth-order valence-corrected chi connectivity index (χ4v) is 5.56. The number of rotatable bonds is 4. The number of aliphatic imine (C=N–C) groups is 1. The van der Waals surface area contributed by atoms with Crippen LogP contribution in [0.2, 0.25) is 0 Å². The van der Waals surface area contributed by atoms with E-state index in [0.717, 1.165) is 17.1 Å². The Hall–Kier alpha value is -4.35. The van der Waals surface area contributed by atoms with Gasteiger partial charge in [-0.25, -0.2) is 0 Å². The molecule has 0 heterocycles. The van der Waals surface area contributed by atoms with Crippen LogP contribution >= 0.6 is 0 Å². The number of allylic oxidation sites excluding steroid dienone is 5. The zero-order chi connectivity index (χ0) is 23.1. The minimum atomic E-state index is 0.404. The van der Waals surface area contributed by atoms with Gasteiger partial charge < -0.3 is 4.90 Å². The van der Waals surface area contributed by atoms with Crippen LogP contribution in [0.5, 0.6) is 0 Å². The van der Waals surface area contributed by atoms with E-state index in [1.54, 1.807) is 0 Å². The predicted octanol–water partition coefficient (Wildman–Crippen LogP) is 8.00. The van der Waals surface area contributed by atoms with E-state index in [1.807, 2.05) is 6.20 Å². The molecule has 0 aliphatic heterocycles. The Morgan fingerprint density at radius 1 is 0.824 bits per heavy atom. The molecule has 2 unspecified atom stereocenters. The summed E-state index contributed by atoms with van der Waals surface area (Å²) in [6.45, 7) is 2.09. The minimum absolute atomic E-state index is 0.404. The molecule has 4 aromatic rings. The van der Waals surface area contributed by atoms with Gasteiger partial charge in [-0.3, -0.25) is 4.99 Å². The van der Waals surface area contributed by atoms with Crippen molar-refractivity contribution in [1.82, 2.24) is 0 Å². The fourth-order valence-electron chi connectivity index (χ4n) is 5.56. The third-order valence-corrected chi connectivity index (χ3v) is 6.95. The quantitative estimate of drug-likeness (QED) is 0.234. The monoisotopic (exact) mass is 436 g/mol. The van der Waals surface area contributed by atoms with Gasteiger partial charge in [-0.2, -0.15) is 0 Å². The highest BCUT2D eigenvalue weighted by atomic mass is 15.2. The van der Waals surface area contributed by atoms with Gasteiger partial charge in [0, 0.05) is 34.5 Å². The van der Waals surface area contributed by atoms with Crippen molar-refractivity contribution in [2.45, 2.75) is 18.8 Å². The SMILES string of the molecule is C#C/C=N\C=C(/C)N(c1cccc2ccccc12)c1ccc2c3c(cccc13)C1C=CC=CC21. The second-order valence-corrected chi connectivity index (χ2v) is 8.81. The molecule has 4 aromatic carbocycles. The van der Waals surface area contributed by atoms with Crippen molar-refractivity contribution in [3.05, 3.63) is 120 Å². The van der Waals surface area contributed by atoms with E-state index in [2.05, 4.69) is 120 Å². The zero-order valence-corrected chi connectivity index (χ0v) is 19.0. The number of nitrogens with zero attached hydrogens (tertiary/aromatic N) is 2. The summed E-state index contributed by atoms with van der Waals surface area (Å²) in [5, 5.41) is 5.03. The molecule has 0 bridgehead atoms. The molecular formula is C32H24N2. The second-order valence-electron chi connectivity index (χ2n) is 8.81. The largest absolute Gasteiger partial charge is 0.312 e. The molecule has 2 aliphatic carbocycles. The van der Waals surface area contributed by atoms with E-state index in [-0.39, 0.29) is 0 Å². The third-order valence-electron chi connectivity index (χ3n) is 6.95. The van der Waals surface area contributed by atoms with Gasteiger partial charge >= 0.3 is 0 Å². The molecule has 2 aliphatic rings. The number of hydrogen-bond acceptors (Lipinski definition) is 2. The summed E-state index contributed by atoms with van der Waals surface area (Å²) in [6, 6.07) is 26.3. The number of terminal acetylenes is 1. The van der Waals surface area contributed by atoms with E-state index in [0.29, 0.717) is 11.8 Å². The highest BCUT2D eigenvalue weighted by Gasteiger charge is 2.33. The van der Waals surface area contributed by atoms with Crippen molar-refractivity contribution in [3.8, 4) is 12.3 Å². The standard InChI is InChI=1S/C32H24N2/c1-3-20-33-21-22(2)34(30-17-8-11-23-10-4-5-12-24(23)30)31-19-18-28-26-14-7-6-13-25(26)27-15-9-16-29(31)32(27)28/h1,4-21,25-26H,2H3/b22-21+,33-20-. The lowest BCUT2D eigenvalue weighted by Gasteiger charge is -2.28. The van der Waals surface area contributed by atoms with Crippen LogP contribution in [0, 0.1) is 12.3 Å². The average molecular weight is 437 g/mol. The van der Waals surface area contributed by atoms with Gasteiger partial charge in [0.25, 0.3) is 0 Å². The van der Waals surface area contributed by atoms with Gasteiger partial charge in [0.2, 0.25) is 0 Å². The number of fused-ring (bicyclic) bond motifs is 4. The second kappa shape index (κ2) is 8.21. The molecular weight excluding hydrogens is 412 g/mol. The number of anilines is 2. The molecule has 34 heavy (non-hydrogen) atoms. The molecule has 0 saturated heterocycles. The van der Waals surface area contributed by atoms with E-state index in [4.69, 9.17) is 6.42 Å². The van der Waals surface area contributed by atoms with Gasteiger partial charge in [0.15, 0.2) is 0 Å². The third kappa shape index (κ3) is 3.10. The lowest BCUT2D eigenvalue weighted by molar-refractivity contribution is 0.768. The number of benzene rings is 4. The topological polar surface area (TPSA) is 15.6 Å². The van der Waals surface area contributed by atoms with Crippen LogP contribution in [0.15, 0.2) is 114 Å². The molecule has 0 fully saturated rings. The van der Waals surface area contributed by atoms with E-state index in [9.17, 15) is 0 Å². The molecule has 0 aromatic heterocycles. The first kappa shape index (κ1) is 20.3. The molecule has 0 saturated carbocycles. The first-order valence-corrected chi connectivity index (χ1v) is 11.6. The molecule has 0 spiro atoms. The first-order valence-electron chi connectivity index (χ1n) is 11.6. The molecule has 6 rings (SSSR count). The lowest BCUT2D eigenvalue weighted by Crippen LogP contribution is -2.15. The molecule has 2 nitrogen and oxygen atoms in total. The van der Waals surface area contributed by atoms with Gasteiger partial charge in [0.05, 0.1) is 17.6 Å². The van der Waals surface area contributed by atoms with Crippen molar-refractivity contribution < 1.29 is 0 Å². The minimum Gasteiger partial charge on any atom is -0.312 e. The molecule has 2 heteroatoms. The normalized spacial score (nSPS) is 18.5. The van der Waals surface area contributed by atoms with E-state index in [1.165, 1.54) is 38.9 Å². The van der Waals surface area contributed by atoms with Crippen molar-refractivity contribution in [3.63, 3.8) is 0 Å². The van der Waals surface area contributed by atoms with Crippen molar-refractivity contribution in [1.29, 1.82) is 0 Å². The van der Waals surface area contributed by atoms with Crippen LogP contribution < -0.4 is 4.90 Å². The number of hydrogen-bond donors (Lipinski definition) is 0. The molecule has 0 radical (unpaired) electrons. The maximum absolute atomic E-state index is 5.41. The van der Waals surface area contributed by atoms with Gasteiger partial charge in [-0.05, 0) is 41.0 Å². The van der Waals surface area contributed by atoms with Crippen LogP contribution in [0.1, 0.15) is 29.9 Å². The summed E-state index contributed by atoms with van der Waals surface area (Å²) >= 11 is 0. The maximum Gasteiger partial charge on any atom is 0.0764 e. The molecule has 162 valence electrons. The summed E-state index contributed by atoms with van der Waals surface area (Å²) in [7, 11) is 0. The smallest absolute Gasteiger partial charge is 0.0764 e. The summed E-state index contributed by atoms with van der Waals surface area (Å²) in [5.41, 5.74) is 6.08. The Morgan fingerprint density at radius 3 is 2.32 bits per heavy atom. The zero-order valence-electron chi connectivity index (χ0n) is 19.0. The Labute approximate surface area is 200 Å². The van der Waals surface area contributed by atoms with E-state index >= 15 is 0 Å². The van der Waals surface area contributed by atoms with Crippen LogP contribution in [0.4, 0.5) is 11.4 Å². The molecule has 0 N–H and O–H groups in total. The first-order chi connectivity index (χ1) is 16.8. The van der Waals surface area contributed by atoms with Crippen LogP contribution in [-0.4, -0.2) is 6.21 Å². The van der Waals surface area contributed by atoms with Gasteiger partial charge in [0.1, 0.15) is 0 Å². The summed E-state index contributed by atoms with van der Waals surface area (Å²) in [4.78, 5) is 6.66. The maximum atomic E-state index is 5.41. The van der Waals surface area contributed by atoms with Gasteiger partial charge in [-0.15, -0.1) is 6.42 Å².